The summed E-state index contributed by atoms with van der Waals surface area (Å²) < 4.78 is 20.5. The Morgan fingerprint density at radius 1 is 0.926 bits per heavy atom. The molecule has 0 aliphatic carbocycles. The van der Waals surface area contributed by atoms with Crippen LogP contribution in [0.4, 0.5) is 0 Å². The van der Waals surface area contributed by atoms with Crippen LogP contribution < -0.4 is 19.5 Å². The van der Waals surface area contributed by atoms with Gasteiger partial charge in [0.2, 0.25) is 0 Å². The van der Waals surface area contributed by atoms with Crippen LogP contribution in [0.5, 0.6) is 17.2 Å². The number of benzene rings is 2. The van der Waals surface area contributed by atoms with Gasteiger partial charge in [-0.15, -0.1) is 0 Å². The SMILES string of the molecule is COc1cccc(C(=O)OCC(=O)NCCc2ccc(OC)c(OC)c2)c1. The van der Waals surface area contributed by atoms with Gasteiger partial charge in [0.25, 0.3) is 5.91 Å². The van der Waals surface area contributed by atoms with E-state index in [1.165, 1.54) is 7.11 Å². The lowest BCUT2D eigenvalue weighted by atomic mass is 10.1. The van der Waals surface area contributed by atoms with E-state index in [0.29, 0.717) is 35.8 Å². The highest BCUT2D eigenvalue weighted by Crippen LogP contribution is 2.27. The molecule has 0 unspecified atom stereocenters. The van der Waals surface area contributed by atoms with Crippen molar-refractivity contribution in [3.05, 3.63) is 53.6 Å². The number of carbonyl (C=O) groups excluding carboxylic acids is 2. The third-order valence-electron chi connectivity index (χ3n) is 3.82. The van der Waals surface area contributed by atoms with Crippen molar-refractivity contribution in [2.75, 3.05) is 34.5 Å². The fraction of sp³-hybridized carbons (Fsp3) is 0.300. The summed E-state index contributed by atoms with van der Waals surface area (Å²) in [5.41, 5.74) is 1.31. The summed E-state index contributed by atoms with van der Waals surface area (Å²) in [7, 11) is 4.65. The maximum atomic E-state index is 12.0. The van der Waals surface area contributed by atoms with Crippen LogP contribution in [0.15, 0.2) is 42.5 Å². The largest absolute Gasteiger partial charge is 0.497 e. The molecule has 1 N–H and O–H groups in total. The lowest BCUT2D eigenvalue weighted by Crippen LogP contribution is -2.30. The van der Waals surface area contributed by atoms with Gasteiger partial charge in [-0.3, -0.25) is 4.79 Å². The van der Waals surface area contributed by atoms with Crippen LogP contribution in [-0.2, 0) is 16.0 Å². The molecular formula is C20H23NO6. The molecule has 0 fully saturated rings. The zero-order chi connectivity index (χ0) is 19.6. The summed E-state index contributed by atoms with van der Waals surface area (Å²) in [6.07, 6.45) is 0.607. The Morgan fingerprint density at radius 3 is 2.41 bits per heavy atom. The van der Waals surface area contributed by atoms with Crippen LogP contribution in [0.2, 0.25) is 0 Å². The number of carbonyl (C=O) groups is 2. The van der Waals surface area contributed by atoms with E-state index >= 15 is 0 Å². The van der Waals surface area contributed by atoms with Crippen LogP contribution in [0.25, 0.3) is 0 Å². The van der Waals surface area contributed by atoms with Crippen molar-refractivity contribution in [2.24, 2.45) is 0 Å². The zero-order valence-electron chi connectivity index (χ0n) is 15.6. The van der Waals surface area contributed by atoms with Gasteiger partial charge in [-0.1, -0.05) is 12.1 Å². The molecule has 0 bridgehead atoms. The topological polar surface area (TPSA) is 83.1 Å². The normalized spacial score (nSPS) is 10.0. The molecule has 0 saturated heterocycles. The molecule has 0 atom stereocenters. The minimum absolute atomic E-state index is 0.326. The summed E-state index contributed by atoms with van der Waals surface area (Å²) in [6.45, 7) is 0.0625. The molecule has 0 spiro atoms. The van der Waals surface area contributed by atoms with E-state index in [4.69, 9.17) is 18.9 Å². The monoisotopic (exact) mass is 373 g/mol. The van der Waals surface area contributed by atoms with Gasteiger partial charge in [0.05, 0.1) is 26.9 Å². The first-order valence-corrected chi connectivity index (χ1v) is 8.36. The predicted octanol–water partition coefficient (Wildman–Crippen LogP) is 2.23. The number of ether oxygens (including phenoxy) is 4. The van der Waals surface area contributed by atoms with E-state index in [9.17, 15) is 9.59 Å². The number of hydrogen-bond acceptors (Lipinski definition) is 6. The Kier molecular flexibility index (Phi) is 7.49. The maximum Gasteiger partial charge on any atom is 0.338 e. The molecule has 144 valence electrons. The Morgan fingerprint density at radius 2 is 1.70 bits per heavy atom. The van der Waals surface area contributed by atoms with Crippen molar-refractivity contribution in [3.63, 3.8) is 0 Å². The van der Waals surface area contributed by atoms with Crippen molar-refractivity contribution in [1.82, 2.24) is 5.32 Å². The summed E-state index contributed by atoms with van der Waals surface area (Å²) >= 11 is 0. The molecule has 0 saturated carbocycles. The lowest BCUT2D eigenvalue weighted by molar-refractivity contribution is -0.124. The fourth-order valence-electron chi connectivity index (χ4n) is 2.40. The van der Waals surface area contributed by atoms with Gasteiger partial charge in [0.15, 0.2) is 18.1 Å². The van der Waals surface area contributed by atoms with E-state index in [2.05, 4.69) is 5.32 Å². The molecular weight excluding hydrogens is 350 g/mol. The smallest absolute Gasteiger partial charge is 0.338 e. The minimum Gasteiger partial charge on any atom is -0.497 e. The third-order valence-corrected chi connectivity index (χ3v) is 3.82. The van der Waals surface area contributed by atoms with Gasteiger partial charge in [0, 0.05) is 6.54 Å². The highest BCUT2D eigenvalue weighted by Gasteiger charge is 2.11. The molecule has 0 heterocycles. The number of rotatable bonds is 9. The number of nitrogens with one attached hydrogen (secondary N) is 1. The molecule has 27 heavy (non-hydrogen) atoms. The molecule has 7 nitrogen and oxygen atoms in total. The molecule has 0 radical (unpaired) electrons. The van der Waals surface area contributed by atoms with Crippen molar-refractivity contribution in [3.8, 4) is 17.2 Å². The van der Waals surface area contributed by atoms with E-state index in [1.54, 1.807) is 38.5 Å². The van der Waals surface area contributed by atoms with Crippen molar-refractivity contribution in [2.45, 2.75) is 6.42 Å². The Hall–Kier alpha value is -3.22. The summed E-state index contributed by atoms with van der Waals surface area (Å²) in [5.74, 6) is 0.878. The number of methoxy groups -OCH3 is 3. The quantitative estimate of drug-likeness (QED) is 0.679. The van der Waals surface area contributed by atoms with E-state index in [0.717, 1.165) is 5.56 Å². The zero-order valence-corrected chi connectivity index (χ0v) is 15.6. The van der Waals surface area contributed by atoms with Gasteiger partial charge >= 0.3 is 5.97 Å². The lowest BCUT2D eigenvalue weighted by Gasteiger charge is -2.10. The number of hydrogen-bond donors (Lipinski definition) is 1. The molecule has 2 rings (SSSR count). The van der Waals surface area contributed by atoms with Crippen LogP contribution in [0.1, 0.15) is 15.9 Å². The van der Waals surface area contributed by atoms with Crippen molar-refractivity contribution >= 4 is 11.9 Å². The summed E-state index contributed by atoms with van der Waals surface area (Å²) in [6, 6.07) is 12.1. The van der Waals surface area contributed by atoms with Gasteiger partial charge in [0.1, 0.15) is 5.75 Å². The Labute approximate surface area is 158 Å². The first-order chi connectivity index (χ1) is 13.1. The molecule has 2 aromatic carbocycles. The fourth-order valence-corrected chi connectivity index (χ4v) is 2.40. The van der Waals surface area contributed by atoms with Gasteiger partial charge in [-0.2, -0.15) is 0 Å². The Bertz CT molecular complexity index is 790. The molecule has 1 amide bonds. The second-order valence-corrected chi connectivity index (χ2v) is 5.60. The average Bonchev–Trinajstić information content (AvgIpc) is 2.71. The first kappa shape index (κ1) is 20.1. The highest BCUT2D eigenvalue weighted by atomic mass is 16.5. The van der Waals surface area contributed by atoms with Crippen molar-refractivity contribution in [1.29, 1.82) is 0 Å². The second-order valence-electron chi connectivity index (χ2n) is 5.60. The molecule has 2 aromatic rings. The van der Waals surface area contributed by atoms with Crippen LogP contribution in [0, 0.1) is 0 Å². The maximum absolute atomic E-state index is 12.0. The second kappa shape index (κ2) is 10.1. The molecule has 0 aliphatic rings. The third kappa shape index (κ3) is 5.91. The molecule has 7 heteroatoms. The van der Waals surface area contributed by atoms with Crippen LogP contribution >= 0.6 is 0 Å². The molecule has 0 aromatic heterocycles. The Balaban J connectivity index is 1.77. The van der Waals surface area contributed by atoms with E-state index < -0.39 is 5.97 Å². The minimum atomic E-state index is -0.580. The van der Waals surface area contributed by atoms with Gasteiger partial charge < -0.3 is 24.3 Å². The first-order valence-electron chi connectivity index (χ1n) is 8.36. The van der Waals surface area contributed by atoms with E-state index in [-0.39, 0.29) is 12.5 Å². The highest BCUT2D eigenvalue weighted by molar-refractivity contribution is 5.91. The molecule has 0 aliphatic heterocycles. The number of esters is 1. The number of amides is 1. The summed E-state index contributed by atoms with van der Waals surface area (Å²) in [4.78, 5) is 23.8. The van der Waals surface area contributed by atoms with Crippen LogP contribution in [-0.4, -0.2) is 46.4 Å². The van der Waals surface area contributed by atoms with Gasteiger partial charge in [-0.25, -0.2) is 4.79 Å². The predicted molar refractivity (Wildman–Crippen MR) is 99.5 cm³/mol. The van der Waals surface area contributed by atoms with Crippen LogP contribution in [0.3, 0.4) is 0 Å². The standard InChI is InChI=1S/C20H23NO6/c1-24-16-6-4-5-15(12-16)20(23)27-13-19(22)21-10-9-14-7-8-17(25-2)18(11-14)26-3/h4-8,11-12H,9-10,13H2,1-3H3,(H,21,22). The average molecular weight is 373 g/mol. The van der Waals surface area contributed by atoms with Crippen molar-refractivity contribution < 1.29 is 28.5 Å². The summed E-state index contributed by atoms with van der Waals surface area (Å²) in [5, 5.41) is 2.71. The van der Waals surface area contributed by atoms with Gasteiger partial charge in [-0.05, 0) is 42.3 Å². The van der Waals surface area contributed by atoms with E-state index in [1.807, 2.05) is 18.2 Å².